The fourth-order valence-corrected chi connectivity index (χ4v) is 9.55. The second-order valence-corrected chi connectivity index (χ2v) is 13.4. The summed E-state index contributed by atoms with van der Waals surface area (Å²) >= 11 is 1.67. The first kappa shape index (κ1) is 28.4. The third-order valence-corrected chi connectivity index (χ3v) is 11.0. The topological polar surface area (TPSA) is 111 Å². The van der Waals surface area contributed by atoms with Crippen molar-refractivity contribution in [2.24, 2.45) is 11.8 Å². The minimum absolute atomic E-state index is 0.0938. The van der Waals surface area contributed by atoms with Gasteiger partial charge in [0.1, 0.15) is 6.04 Å². The molecule has 1 aromatic rings. The largest absolute Gasteiger partial charge is 0.394 e. The minimum Gasteiger partial charge on any atom is -0.394 e. The molecule has 0 saturated carbocycles. The maximum Gasteiger partial charge on any atom is 0.244 e. The first-order valence-electron chi connectivity index (χ1n) is 14.4. The Bertz CT molecular complexity index is 1050. The molecule has 3 amide bonds. The summed E-state index contributed by atoms with van der Waals surface area (Å²) in [5.74, 6) is -1.54. The molecule has 0 radical (unpaired) electrons. The summed E-state index contributed by atoms with van der Waals surface area (Å²) in [4.78, 5) is 45.8. The molecule has 0 aliphatic carbocycles. The van der Waals surface area contributed by atoms with E-state index in [1.807, 2.05) is 37.3 Å². The van der Waals surface area contributed by atoms with E-state index in [9.17, 15) is 19.5 Å². The number of amides is 3. The van der Waals surface area contributed by atoms with Crippen molar-refractivity contribution in [1.82, 2.24) is 20.4 Å². The second kappa shape index (κ2) is 11.8. The Hall–Kier alpha value is -2.14. The van der Waals surface area contributed by atoms with Crippen LogP contribution in [0.5, 0.6) is 0 Å². The molecule has 0 aromatic heterocycles. The highest BCUT2D eigenvalue weighted by molar-refractivity contribution is 8.02. The number of thioether (sulfide) groups is 1. The Labute approximate surface area is 235 Å². The van der Waals surface area contributed by atoms with Gasteiger partial charge in [0.2, 0.25) is 17.7 Å². The van der Waals surface area contributed by atoms with Crippen LogP contribution < -0.4 is 10.6 Å². The van der Waals surface area contributed by atoms with Crippen LogP contribution in [0.15, 0.2) is 30.3 Å². The summed E-state index contributed by atoms with van der Waals surface area (Å²) in [5, 5.41) is 16.7. The van der Waals surface area contributed by atoms with Crippen LogP contribution in [-0.4, -0.2) is 107 Å². The van der Waals surface area contributed by atoms with Crippen molar-refractivity contribution in [2.45, 2.75) is 61.1 Å². The number of hydrogen-bond donors (Lipinski definition) is 3. The zero-order valence-corrected chi connectivity index (χ0v) is 23.9. The van der Waals surface area contributed by atoms with Crippen molar-refractivity contribution in [1.29, 1.82) is 0 Å². The van der Waals surface area contributed by atoms with E-state index in [4.69, 9.17) is 4.74 Å². The first-order valence-corrected chi connectivity index (χ1v) is 15.2. The zero-order valence-electron chi connectivity index (χ0n) is 23.1. The van der Waals surface area contributed by atoms with Gasteiger partial charge in [0, 0.05) is 37.5 Å². The molecule has 4 heterocycles. The van der Waals surface area contributed by atoms with Crippen LogP contribution in [0.25, 0.3) is 0 Å². The lowest BCUT2D eigenvalue weighted by Gasteiger charge is -2.37. The number of ether oxygens (including phenoxy) is 1. The van der Waals surface area contributed by atoms with Crippen LogP contribution in [0.2, 0.25) is 0 Å². The SMILES string of the molecule is CCCNC(=O)[C@H]1[C@H]2C(=O)N([C@@H](CO)Cc3ccccc3)C(C(=O)NCCN3CCOCC3)C23CC[C@]1(C)S3. The van der Waals surface area contributed by atoms with E-state index in [1.54, 1.807) is 16.7 Å². The van der Waals surface area contributed by atoms with Crippen LogP contribution in [0.1, 0.15) is 38.7 Å². The van der Waals surface area contributed by atoms with E-state index >= 15 is 0 Å². The number of hydrogen-bond acceptors (Lipinski definition) is 7. The van der Waals surface area contributed by atoms with Crippen molar-refractivity contribution in [3.63, 3.8) is 0 Å². The molecule has 39 heavy (non-hydrogen) atoms. The molecule has 4 aliphatic rings. The molecule has 5 rings (SSSR count). The Morgan fingerprint density at radius 1 is 1.13 bits per heavy atom. The fraction of sp³-hybridized carbons (Fsp3) is 0.690. The van der Waals surface area contributed by atoms with Crippen molar-refractivity contribution in [3.05, 3.63) is 35.9 Å². The number of aliphatic hydroxyl groups is 1. The molecule has 4 fully saturated rings. The Balaban J connectivity index is 1.44. The molecule has 2 bridgehead atoms. The highest BCUT2D eigenvalue weighted by Crippen LogP contribution is 2.71. The molecule has 214 valence electrons. The normalized spacial score (nSPS) is 32.7. The number of carbonyl (C=O) groups is 3. The van der Waals surface area contributed by atoms with E-state index < -0.39 is 33.4 Å². The molecule has 4 saturated heterocycles. The summed E-state index contributed by atoms with van der Waals surface area (Å²) in [6.45, 7) is 8.64. The molecule has 9 nitrogen and oxygen atoms in total. The lowest BCUT2D eigenvalue weighted by molar-refractivity contribution is -0.143. The van der Waals surface area contributed by atoms with Crippen molar-refractivity contribution in [2.75, 3.05) is 52.5 Å². The van der Waals surface area contributed by atoms with E-state index in [2.05, 4.69) is 22.5 Å². The van der Waals surface area contributed by atoms with E-state index in [-0.39, 0.29) is 24.3 Å². The van der Waals surface area contributed by atoms with Gasteiger partial charge in [0.25, 0.3) is 0 Å². The van der Waals surface area contributed by atoms with Gasteiger partial charge in [-0.15, -0.1) is 11.8 Å². The molecule has 1 aromatic carbocycles. The number of aliphatic hydroxyl groups excluding tert-OH is 1. The quantitative estimate of drug-likeness (QED) is 0.372. The molecular weight excluding hydrogens is 516 g/mol. The summed E-state index contributed by atoms with van der Waals surface area (Å²) in [5.41, 5.74) is 0.992. The van der Waals surface area contributed by atoms with Gasteiger partial charge in [-0.1, -0.05) is 37.3 Å². The molecule has 10 heteroatoms. The molecule has 6 atom stereocenters. The van der Waals surface area contributed by atoms with Gasteiger partial charge in [-0.3, -0.25) is 19.3 Å². The van der Waals surface area contributed by atoms with Gasteiger partial charge in [-0.05, 0) is 38.2 Å². The van der Waals surface area contributed by atoms with Gasteiger partial charge in [0.15, 0.2) is 0 Å². The smallest absolute Gasteiger partial charge is 0.244 e. The lowest BCUT2D eigenvalue weighted by atomic mass is 9.66. The van der Waals surface area contributed by atoms with Crippen molar-refractivity contribution in [3.8, 4) is 0 Å². The van der Waals surface area contributed by atoms with Gasteiger partial charge in [0.05, 0.1) is 42.4 Å². The number of morpholine rings is 1. The summed E-state index contributed by atoms with van der Waals surface area (Å²) in [6.07, 6.45) is 2.73. The van der Waals surface area contributed by atoms with Crippen LogP contribution in [0.3, 0.4) is 0 Å². The average Bonchev–Trinajstić information content (AvgIpc) is 3.52. The third-order valence-electron chi connectivity index (χ3n) is 9.04. The second-order valence-electron chi connectivity index (χ2n) is 11.5. The highest BCUT2D eigenvalue weighted by Gasteiger charge is 2.77. The van der Waals surface area contributed by atoms with Gasteiger partial charge < -0.3 is 25.4 Å². The molecule has 4 aliphatic heterocycles. The summed E-state index contributed by atoms with van der Waals surface area (Å²) in [6, 6.07) is 8.46. The Kier molecular flexibility index (Phi) is 8.56. The number of likely N-dealkylation sites (tertiary alicyclic amines) is 1. The van der Waals surface area contributed by atoms with Gasteiger partial charge in [-0.2, -0.15) is 0 Å². The zero-order chi connectivity index (χ0) is 27.6. The van der Waals surface area contributed by atoms with Crippen LogP contribution in [0, 0.1) is 11.8 Å². The summed E-state index contributed by atoms with van der Waals surface area (Å²) < 4.78 is 4.35. The van der Waals surface area contributed by atoms with Gasteiger partial charge in [-0.25, -0.2) is 0 Å². The minimum atomic E-state index is -0.739. The molecule has 2 unspecified atom stereocenters. The fourth-order valence-electron chi connectivity index (χ4n) is 7.21. The predicted octanol–water partition coefficient (Wildman–Crippen LogP) is 1.05. The van der Waals surface area contributed by atoms with E-state index in [1.165, 1.54) is 0 Å². The maximum atomic E-state index is 14.3. The average molecular weight is 559 g/mol. The molecular formula is C29H42N4O5S. The first-order chi connectivity index (χ1) is 18.8. The van der Waals surface area contributed by atoms with Crippen molar-refractivity contribution >= 4 is 29.5 Å². The number of carbonyl (C=O) groups excluding carboxylic acids is 3. The third kappa shape index (κ3) is 5.21. The predicted molar refractivity (Wildman–Crippen MR) is 150 cm³/mol. The monoisotopic (exact) mass is 558 g/mol. The van der Waals surface area contributed by atoms with Crippen LogP contribution in [0.4, 0.5) is 0 Å². The lowest BCUT2D eigenvalue weighted by Crippen LogP contribution is -2.57. The molecule has 3 N–H and O–H groups in total. The van der Waals surface area contributed by atoms with Crippen LogP contribution >= 0.6 is 11.8 Å². The number of rotatable bonds is 11. The molecule has 1 spiro atoms. The maximum absolute atomic E-state index is 14.3. The Morgan fingerprint density at radius 2 is 1.85 bits per heavy atom. The Morgan fingerprint density at radius 3 is 2.54 bits per heavy atom. The van der Waals surface area contributed by atoms with Crippen molar-refractivity contribution < 1.29 is 24.2 Å². The number of benzene rings is 1. The number of fused-ring (bicyclic) bond motifs is 1. The van der Waals surface area contributed by atoms with E-state index in [0.717, 1.165) is 31.5 Å². The number of nitrogens with zero attached hydrogens (tertiary/aromatic N) is 2. The van der Waals surface area contributed by atoms with Gasteiger partial charge >= 0.3 is 0 Å². The standard InChI is InChI=1S/C29H42N4O5S/c1-3-11-30-25(35)22-23-27(37)33(21(19-34)18-20-7-5-4-6-8-20)24(29(23)10-9-28(22,2)39-29)26(36)31-12-13-32-14-16-38-17-15-32/h4-8,21-24,34H,3,9-19H2,1-2H3,(H,30,35)(H,31,36)/t21-,22-,23+,24?,28+,29?/m1/s1. The highest BCUT2D eigenvalue weighted by atomic mass is 32.2. The van der Waals surface area contributed by atoms with Crippen LogP contribution in [-0.2, 0) is 25.5 Å². The van der Waals surface area contributed by atoms with E-state index in [0.29, 0.717) is 45.7 Å². The number of nitrogens with one attached hydrogen (secondary N) is 2. The summed E-state index contributed by atoms with van der Waals surface area (Å²) in [7, 11) is 0.